The first-order valence-corrected chi connectivity index (χ1v) is 4.64. The lowest BCUT2D eigenvalue weighted by Gasteiger charge is -2.05. The Bertz CT molecular complexity index is 295. The fourth-order valence-corrected chi connectivity index (χ4v) is 1.01. The zero-order valence-corrected chi connectivity index (χ0v) is 8.32. The molecule has 14 heavy (non-hydrogen) atoms. The van der Waals surface area contributed by atoms with Crippen LogP contribution in [0.2, 0.25) is 0 Å². The Balaban J connectivity index is 2.33. The van der Waals surface area contributed by atoms with Gasteiger partial charge in [0.15, 0.2) is 0 Å². The third-order valence-electron chi connectivity index (χ3n) is 1.72. The van der Waals surface area contributed by atoms with E-state index in [1.807, 2.05) is 31.2 Å². The third kappa shape index (κ3) is 3.51. The van der Waals surface area contributed by atoms with Crippen LogP contribution in [0.4, 0.5) is 0 Å². The van der Waals surface area contributed by atoms with E-state index in [-0.39, 0.29) is 0 Å². The van der Waals surface area contributed by atoms with Gasteiger partial charge in [-0.05, 0) is 31.2 Å². The first-order chi connectivity index (χ1) is 6.86. The predicted molar refractivity (Wildman–Crippen MR) is 56.4 cm³/mol. The minimum absolute atomic E-state index is 0.573. The third-order valence-corrected chi connectivity index (χ3v) is 1.72. The van der Waals surface area contributed by atoms with Crippen LogP contribution in [0.5, 0.6) is 5.75 Å². The number of benzene rings is 1. The molecule has 1 rings (SSSR count). The van der Waals surface area contributed by atoms with Crippen LogP contribution in [0.3, 0.4) is 0 Å². The van der Waals surface area contributed by atoms with E-state index in [9.17, 15) is 0 Å². The van der Waals surface area contributed by atoms with E-state index >= 15 is 0 Å². The molecule has 0 spiro atoms. The maximum atomic E-state index is 5.41. The second kappa shape index (κ2) is 6.06. The van der Waals surface area contributed by atoms with Crippen LogP contribution >= 0.6 is 0 Å². The highest BCUT2D eigenvalue weighted by Gasteiger charge is 1.93. The molecule has 0 N–H and O–H groups in total. The molecule has 0 amide bonds. The fourth-order valence-electron chi connectivity index (χ4n) is 1.01. The van der Waals surface area contributed by atoms with Crippen molar-refractivity contribution in [2.24, 2.45) is 0 Å². The maximum Gasteiger partial charge on any atom is 0.119 e. The molecule has 0 atom stereocenters. The van der Waals surface area contributed by atoms with E-state index in [0.717, 1.165) is 17.9 Å². The molecule has 1 aromatic rings. The van der Waals surface area contributed by atoms with Gasteiger partial charge in [-0.25, -0.2) is 0 Å². The highest BCUT2D eigenvalue weighted by molar-refractivity contribution is 5.36. The Hall–Kier alpha value is -1.46. The quantitative estimate of drug-likeness (QED) is 0.523. The highest BCUT2D eigenvalue weighted by Crippen LogP contribution is 2.10. The summed E-state index contributed by atoms with van der Waals surface area (Å²) in [6.07, 6.45) is 5.23. The summed E-state index contributed by atoms with van der Waals surface area (Å²) in [5.74, 6) is 3.37. The van der Waals surface area contributed by atoms with Gasteiger partial charge in [0, 0.05) is 12.2 Å². The second-order valence-electron chi connectivity index (χ2n) is 2.71. The Morgan fingerprint density at radius 2 is 1.93 bits per heavy atom. The lowest BCUT2D eigenvalue weighted by atomic mass is 10.2. The standard InChI is InChI=1S/C12H14O2/c1-3-11-5-7-12(8-6-11)14-10-9-13-4-2/h1,5-8H,4,9-10H2,2H3. The zero-order valence-electron chi connectivity index (χ0n) is 8.32. The molecule has 0 fully saturated rings. The fraction of sp³-hybridized carbons (Fsp3) is 0.333. The van der Waals surface area contributed by atoms with Crippen molar-refractivity contribution in [3.63, 3.8) is 0 Å². The van der Waals surface area contributed by atoms with Crippen molar-refractivity contribution in [1.29, 1.82) is 0 Å². The summed E-state index contributed by atoms with van der Waals surface area (Å²) in [5.41, 5.74) is 0.863. The Morgan fingerprint density at radius 3 is 2.50 bits per heavy atom. The van der Waals surface area contributed by atoms with E-state index in [1.165, 1.54) is 0 Å². The monoisotopic (exact) mass is 190 g/mol. The van der Waals surface area contributed by atoms with Crippen molar-refractivity contribution in [3.05, 3.63) is 29.8 Å². The van der Waals surface area contributed by atoms with Crippen molar-refractivity contribution in [2.75, 3.05) is 19.8 Å². The molecule has 0 saturated carbocycles. The van der Waals surface area contributed by atoms with Crippen molar-refractivity contribution in [3.8, 4) is 18.1 Å². The van der Waals surface area contributed by atoms with Gasteiger partial charge in [-0.15, -0.1) is 6.42 Å². The summed E-state index contributed by atoms with van der Waals surface area (Å²) in [7, 11) is 0. The average Bonchev–Trinajstić information content (AvgIpc) is 2.25. The van der Waals surface area contributed by atoms with Gasteiger partial charge < -0.3 is 9.47 Å². The molecule has 0 unspecified atom stereocenters. The van der Waals surface area contributed by atoms with Crippen molar-refractivity contribution >= 4 is 0 Å². The zero-order chi connectivity index (χ0) is 10.2. The van der Waals surface area contributed by atoms with Gasteiger partial charge in [0.25, 0.3) is 0 Å². The molecule has 0 saturated heterocycles. The SMILES string of the molecule is C#Cc1ccc(OCCOCC)cc1. The van der Waals surface area contributed by atoms with E-state index in [0.29, 0.717) is 13.2 Å². The minimum Gasteiger partial charge on any atom is -0.491 e. The Kier molecular flexibility index (Phi) is 4.60. The van der Waals surface area contributed by atoms with Gasteiger partial charge in [0.1, 0.15) is 12.4 Å². The van der Waals surface area contributed by atoms with Crippen LogP contribution in [0.1, 0.15) is 12.5 Å². The van der Waals surface area contributed by atoms with Crippen LogP contribution in [-0.4, -0.2) is 19.8 Å². The van der Waals surface area contributed by atoms with Gasteiger partial charge in [0.2, 0.25) is 0 Å². The number of terminal acetylenes is 1. The Labute approximate surface area is 84.8 Å². The molecule has 0 radical (unpaired) electrons. The lowest BCUT2D eigenvalue weighted by molar-refractivity contribution is 0.110. The molecule has 2 nitrogen and oxygen atoms in total. The summed E-state index contributed by atoms with van der Waals surface area (Å²) in [4.78, 5) is 0. The molecular formula is C12H14O2. The van der Waals surface area contributed by atoms with Crippen molar-refractivity contribution in [2.45, 2.75) is 6.92 Å². The van der Waals surface area contributed by atoms with Crippen LogP contribution in [0, 0.1) is 12.3 Å². The molecule has 0 heterocycles. The largest absolute Gasteiger partial charge is 0.491 e. The van der Waals surface area contributed by atoms with Crippen LogP contribution in [0.25, 0.3) is 0 Å². The first kappa shape index (κ1) is 10.6. The molecule has 0 aliphatic carbocycles. The van der Waals surface area contributed by atoms with Gasteiger partial charge in [-0.1, -0.05) is 5.92 Å². The molecule has 74 valence electrons. The summed E-state index contributed by atoms with van der Waals surface area (Å²) >= 11 is 0. The number of hydrogen-bond acceptors (Lipinski definition) is 2. The smallest absolute Gasteiger partial charge is 0.119 e. The second-order valence-corrected chi connectivity index (χ2v) is 2.71. The predicted octanol–water partition coefficient (Wildman–Crippen LogP) is 2.08. The van der Waals surface area contributed by atoms with Crippen LogP contribution in [0.15, 0.2) is 24.3 Å². The summed E-state index contributed by atoms with van der Waals surface area (Å²) < 4.78 is 10.6. The van der Waals surface area contributed by atoms with Gasteiger partial charge in [-0.2, -0.15) is 0 Å². The summed E-state index contributed by atoms with van der Waals surface area (Å²) in [5, 5.41) is 0. The van der Waals surface area contributed by atoms with E-state index < -0.39 is 0 Å². The van der Waals surface area contributed by atoms with Gasteiger partial charge in [-0.3, -0.25) is 0 Å². The molecule has 1 aromatic carbocycles. The molecule has 0 aliphatic rings. The van der Waals surface area contributed by atoms with Crippen molar-refractivity contribution in [1.82, 2.24) is 0 Å². The maximum absolute atomic E-state index is 5.41. The van der Waals surface area contributed by atoms with Gasteiger partial charge in [0.05, 0.1) is 6.61 Å². The Morgan fingerprint density at radius 1 is 1.21 bits per heavy atom. The summed E-state index contributed by atoms with van der Waals surface area (Å²) in [6, 6.07) is 7.44. The molecule has 0 bridgehead atoms. The molecular weight excluding hydrogens is 176 g/mol. The van der Waals surface area contributed by atoms with E-state index in [1.54, 1.807) is 0 Å². The lowest BCUT2D eigenvalue weighted by Crippen LogP contribution is -2.06. The molecule has 0 aromatic heterocycles. The molecule has 0 aliphatic heterocycles. The minimum atomic E-state index is 0.573. The normalized spacial score (nSPS) is 9.43. The van der Waals surface area contributed by atoms with Gasteiger partial charge >= 0.3 is 0 Å². The van der Waals surface area contributed by atoms with E-state index in [2.05, 4.69) is 5.92 Å². The molecule has 2 heteroatoms. The number of rotatable bonds is 5. The number of hydrogen-bond donors (Lipinski definition) is 0. The highest BCUT2D eigenvalue weighted by atomic mass is 16.5. The topological polar surface area (TPSA) is 18.5 Å². The number of ether oxygens (including phenoxy) is 2. The average molecular weight is 190 g/mol. The van der Waals surface area contributed by atoms with E-state index in [4.69, 9.17) is 15.9 Å². The van der Waals surface area contributed by atoms with Crippen LogP contribution in [-0.2, 0) is 4.74 Å². The summed E-state index contributed by atoms with van der Waals surface area (Å²) in [6.45, 7) is 3.87. The van der Waals surface area contributed by atoms with Crippen molar-refractivity contribution < 1.29 is 9.47 Å². The first-order valence-electron chi connectivity index (χ1n) is 4.64. The van der Waals surface area contributed by atoms with Crippen LogP contribution < -0.4 is 4.74 Å².